The van der Waals surface area contributed by atoms with E-state index in [1.165, 1.54) is 24.1 Å². The minimum absolute atomic E-state index is 0.0593. The van der Waals surface area contributed by atoms with E-state index in [0.717, 1.165) is 17.7 Å². The summed E-state index contributed by atoms with van der Waals surface area (Å²) in [7, 11) is 3.03. The molecule has 9 heteroatoms. The molecule has 0 bridgehead atoms. The second kappa shape index (κ2) is 8.24. The Hall–Kier alpha value is -2.45. The Kier molecular flexibility index (Phi) is 5.79. The third kappa shape index (κ3) is 3.94. The van der Waals surface area contributed by atoms with Crippen LogP contribution in [-0.2, 0) is 27.2 Å². The number of halogens is 2. The molecule has 0 amide bonds. The lowest BCUT2D eigenvalue weighted by atomic mass is 9.92. The largest absolute Gasteiger partial charge is 0.332 e. The predicted molar refractivity (Wildman–Crippen MR) is 119 cm³/mol. The monoisotopic (exact) mass is 447 g/mol. The molecule has 0 unspecified atom stereocenters. The van der Waals surface area contributed by atoms with Gasteiger partial charge in [-0.15, -0.1) is 0 Å². The van der Waals surface area contributed by atoms with E-state index in [2.05, 4.69) is 23.7 Å². The van der Waals surface area contributed by atoms with Crippen LogP contribution in [0.5, 0.6) is 0 Å². The summed E-state index contributed by atoms with van der Waals surface area (Å²) in [5.74, 6) is 1.29. The van der Waals surface area contributed by atoms with Crippen molar-refractivity contribution in [1.82, 2.24) is 23.6 Å². The van der Waals surface area contributed by atoms with Gasteiger partial charge in [0.15, 0.2) is 11.2 Å². The van der Waals surface area contributed by atoms with Gasteiger partial charge in [0.1, 0.15) is 11.6 Å². The summed E-state index contributed by atoms with van der Waals surface area (Å²) < 4.78 is 18.7. The topological polar surface area (TPSA) is 65.1 Å². The lowest BCUT2D eigenvalue weighted by molar-refractivity contribution is 0.130. The zero-order valence-electron chi connectivity index (χ0n) is 18.2. The Morgan fingerprint density at radius 1 is 1.10 bits per heavy atom. The van der Waals surface area contributed by atoms with Crippen LogP contribution < -0.4 is 11.2 Å². The summed E-state index contributed by atoms with van der Waals surface area (Å²) in [6.45, 7) is 6.86. The van der Waals surface area contributed by atoms with Crippen LogP contribution >= 0.6 is 11.6 Å². The van der Waals surface area contributed by atoms with Crippen LogP contribution in [0.25, 0.3) is 11.2 Å². The smallest absolute Gasteiger partial charge is 0.316 e. The number of aryl methyl sites for hydroxylation is 1. The van der Waals surface area contributed by atoms with Gasteiger partial charge in [0.2, 0.25) is 0 Å². The Morgan fingerprint density at radius 3 is 2.42 bits per heavy atom. The van der Waals surface area contributed by atoms with E-state index in [-0.39, 0.29) is 17.1 Å². The second-order valence-electron chi connectivity index (χ2n) is 8.83. The maximum Gasteiger partial charge on any atom is 0.332 e. The normalized spacial score (nSPS) is 19.9. The standard InChI is InChI=1S/C22H27ClFN5O2/c1-13-8-14(2)10-28(9-13)12-18-25-20-19(21(30)27(4)22(31)26(20)3)29(18)11-15-16(23)6-5-7-17(15)24/h5-7,13-14H,8-12H2,1-4H3/t13-,14-/m1/s1. The average molecular weight is 448 g/mol. The number of benzene rings is 1. The summed E-state index contributed by atoms with van der Waals surface area (Å²) in [4.78, 5) is 32.5. The van der Waals surface area contributed by atoms with Gasteiger partial charge in [-0.3, -0.25) is 18.8 Å². The fraction of sp³-hybridized carbons (Fsp3) is 0.500. The number of likely N-dealkylation sites (tertiary alicyclic amines) is 1. The van der Waals surface area contributed by atoms with E-state index in [9.17, 15) is 14.0 Å². The molecule has 0 radical (unpaired) electrons. The Balaban J connectivity index is 1.89. The summed E-state index contributed by atoms with van der Waals surface area (Å²) >= 11 is 6.28. The summed E-state index contributed by atoms with van der Waals surface area (Å²) in [6, 6.07) is 4.52. The molecule has 7 nitrogen and oxygen atoms in total. The fourth-order valence-electron chi connectivity index (χ4n) is 4.75. The maximum absolute atomic E-state index is 14.6. The zero-order chi connectivity index (χ0) is 22.4. The molecule has 4 rings (SSSR count). The zero-order valence-corrected chi connectivity index (χ0v) is 19.0. The highest BCUT2D eigenvalue weighted by atomic mass is 35.5. The van der Waals surface area contributed by atoms with Gasteiger partial charge in [0, 0.05) is 37.8 Å². The molecule has 1 aromatic carbocycles. The Bertz CT molecular complexity index is 1230. The Morgan fingerprint density at radius 2 is 1.77 bits per heavy atom. The van der Waals surface area contributed by atoms with Gasteiger partial charge in [-0.1, -0.05) is 31.5 Å². The number of rotatable bonds is 4. The lowest BCUT2D eigenvalue weighted by Crippen LogP contribution is -2.39. The molecule has 0 aliphatic carbocycles. The predicted octanol–water partition coefficient (Wildman–Crippen LogP) is 2.75. The van der Waals surface area contributed by atoms with Crippen molar-refractivity contribution in [3.05, 3.63) is 61.3 Å². The lowest BCUT2D eigenvalue weighted by Gasteiger charge is -2.34. The van der Waals surface area contributed by atoms with Gasteiger partial charge in [-0.2, -0.15) is 0 Å². The van der Waals surface area contributed by atoms with Crippen molar-refractivity contribution in [2.75, 3.05) is 13.1 Å². The molecule has 3 aromatic rings. The molecule has 2 aromatic heterocycles. The van der Waals surface area contributed by atoms with Crippen molar-refractivity contribution in [2.24, 2.45) is 25.9 Å². The molecule has 166 valence electrons. The number of imidazole rings is 1. The van der Waals surface area contributed by atoms with E-state index < -0.39 is 17.1 Å². The van der Waals surface area contributed by atoms with Gasteiger partial charge >= 0.3 is 5.69 Å². The first-order valence-electron chi connectivity index (χ1n) is 10.5. The van der Waals surface area contributed by atoms with Crippen LogP contribution in [-0.4, -0.2) is 36.7 Å². The minimum atomic E-state index is -0.454. The van der Waals surface area contributed by atoms with Crippen molar-refractivity contribution < 1.29 is 4.39 Å². The van der Waals surface area contributed by atoms with Crippen molar-refractivity contribution in [3.8, 4) is 0 Å². The first-order chi connectivity index (χ1) is 14.7. The summed E-state index contributed by atoms with van der Waals surface area (Å²) in [5, 5.41) is 0.287. The molecular weight excluding hydrogens is 421 g/mol. The van der Waals surface area contributed by atoms with Gasteiger partial charge in [0.05, 0.1) is 13.1 Å². The number of piperidine rings is 1. The number of hydrogen-bond acceptors (Lipinski definition) is 4. The van der Waals surface area contributed by atoms with E-state index in [0.29, 0.717) is 35.4 Å². The van der Waals surface area contributed by atoms with Gasteiger partial charge in [0.25, 0.3) is 5.56 Å². The average Bonchev–Trinajstić information content (AvgIpc) is 3.05. The molecule has 1 saturated heterocycles. The molecule has 31 heavy (non-hydrogen) atoms. The van der Waals surface area contributed by atoms with Crippen LogP contribution in [0.3, 0.4) is 0 Å². The van der Waals surface area contributed by atoms with Crippen molar-refractivity contribution in [3.63, 3.8) is 0 Å². The highest BCUT2D eigenvalue weighted by molar-refractivity contribution is 6.31. The molecule has 1 aliphatic rings. The second-order valence-corrected chi connectivity index (χ2v) is 9.24. The molecule has 0 spiro atoms. The number of aromatic nitrogens is 4. The first-order valence-corrected chi connectivity index (χ1v) is 10.9. The van der Waals surface area contributed by atoms with Crippen LogP contribution in [0, 0.1) is 17.7 Å². The number of hydrogen-bond donors (Lipinski definition) is 0. The first kappa shape index (κ1) is 21.8. The fourth-order valence-corrected chi connectivity index (χ4v) is 4.97. The van der Waals surface area contributed by atoms with Gasteiger partial charge in [-0.25, -0.2) is 14.2 Å². The number of nitrogens with zero attached hydrogens (tertiary/aromatic N) is 5. The van der Waals surface area contributed by atoms with E-state index >= 15 is 0 Å². The quantitative estimate of drug-likeness (QED) is 0.617. The van der Waals surface area contributed by atoms with Crippen LogP contribution in [0.4, 0.5) is 4.39 Å². The maximum atomic E-state index is 14.6. The molecule has 0 N–H and O–H groups in total. The highest BCUT2D eigenvalue weighted by Gasteiger charge is 2.26. The van der Waals surface area contributed by atoms with E-state index in [4.69, 9.17) is 11.6 Å². The molecule has 3 heterocycles. The van der Waals surface area contributed by atoms with Crippen molar-refractivity contribution in [1.29, 1.82) is 0 Å². The van der Waals surface area contributed by atoms with Gasteiger partial charge in [-0.05, 0) is 30.4 Å². The van der Waals surface area contributed by atoms with Crippen molar-refractivity contribution in [2.45, 2.75) is 33.4 Å². The molecule has 1 fully saturated rings. The molecular formula is C22H27ClFN5O2. The van der Waals surface area contributed by atoms with Crippen LogP contribution in [0.15, 0.2) is 27.8 Å². The van der Waals surface area contributed by atoms with Crippen molar-refractivity contribution >= 4 is 22.8 Å². The summed E-state index contributed by atoms with van der Waals surface area (Å²) in [6.07, 6.45) is 1.17. The molecule has 1 aliphatic heterocycles. The Labute approximate surface area is 184 Å². The minimum Gasteiger partial charge on any atom is -0.316 e. The van der Waals surface area contributed by atoms with E-state index in [1.807, 2.05) is 0 Å². The van der Waals surface area contributed by atoms with Crippen LogP contribution in [0.2, 0.25) is 5.02 Å². The van der Waals surface area contributed by atoms with Crippen LogP contribution in [0.1, 0.15) is 31.7 Å². The highest BCUT2D eigenvalue weighted by Crippen LogP contribution is 2.25. The van der Waals surface area contributed by atoms with E-state index in [1.54, 1.807) is 23.7 Å². The SMILES string of the molecule is C[C@@H]1C[C@@H](C)CN(Cc2nc3c(c(=O)n(C)c(=O)n3C)n2Cc2c(F)cccc2Cl)C1. The van der Waals surface area contributed by atoms with Gasteiger partial charge < -0.3 is 4.57 Å². The third-order valence-electron chi connectivity index (χ3n) is 6.11. The molecule has 0 saturated carbocycles. The third-order valence-corrected chi connectivity index (χ3v) is 6.47. The summed E-state index contributed by atoms with van der Waals surface area (Å²) in [5.41, 5.74) is -0.0331. The molecule has 2 atom stereocenters. The number of fused-ring (bicyclic) bond motifs is 1.